The van der Waals surface area contributed by atoms with Crippen LogP contribution in [0.3, 0.4) is 0 Å². The summed E-state index contributed by atoms with van der Waals surface area (Å²) in [7, 11) is 0. The largest absolute Gasteiger partial charge is 0.373 e. The molecule has 2 unspecified atom stereocenters. The van der Waals surface area contributed by atoms with E-state index in [2.05, 4.69) is 0 Å². The number of hydrogen-bond donors (Lipinski definition) is 0. The molecule has 1 saturated heterocycles. The number of carbonyl (C=O) groups is 1. The quantitative estimate of drug-likeness (QED) is 0.745. The zero-order chi connectivity index (χ0) is 18.0. The normalized spacial score (nSPS) is 24.3. The summed E-state index contributed by atoms with van der Waals surface area (Å²) in [5.41, 5.74) is 0.987. The Morgan fingerprint density at radius 1 is 0.962 bits per heavy atom. The number of amides is 2. The number of hydrogen-bond acceptors (Lipinski definition) is 4. The van der Waals surface area contributed by atoms with Crippen molar-refractivity contribution in [3.8, 4) is 0 Å². The Labute approximate surface area is 152 Å². The molecule has 2 bridgehead atoms. The molecule has 134 valence electrons. The highest BCUT2D eigenvalue weighted by molar-refractivity contribution is 5.75. The molecule has 0 spiro atoms. The molecule has 26 heavy (non-hydrogen) atoms. The Morgan fingerprint density at radius 2 is 1.54 bits per heavy atom. The molecule has 4 rings (SSSR count). The molecule has 2 amide bonds. The van der Waals surface area contributed by atoms with E-state index in [1.54, 1.807) is 13.0 Å². The first kappa shape index (κ1) is 16.8. The summed E-state index contributed by atoms with van der Waals surface area (Å²) in [5, 5.41) is 2.44. The zero-order valence-electron chi connectivity index (χ0n) is 14.4. The van der Waals surface area contributed by atoms with E-state index in [0.29, 0.717) is 0 Å². The lowest BCUT2D eigenvalue weighted by Crippen LogP contribution is -2.61. The van der Waals surface area contributed by atoms with Crippen LogP contribution in [-0.2, 0) is 27.6 Å². The van der Waals surface area contributed by atoms with Crippen LogP contribution in [0.25, 0.3) is 0 Å². The Hall–Kier alpha value is -2.67. The summed E-state index contributed by atoms with van der Waals surface area (Å²) in [6.45, 7) is 2.32. The number of urea groups is 1. The molecular weight excluding hydrogens is 332 g/mol. The fourth-order valence-corrected chi connectivity index (χ4v) is 2.96. The molecule has 1 fully saturated rings. The summed E-state index contributed by atoms with van der Waals surface area (Å²) in [4.78, 5) is 24.4. The van der Waals surface area contributed by atoms with Crippen molar-refractivity contribution >= 4 is 6.03 Å². The number of fused-ring (bicyclic) bond motifs is 2. The molecule has 2 aromatic carbocycles. The maximum Gasteiger partial charge on any atom is 0.373 e. The molecule has 2 heterocycles. The van der Waals surface area contributed by atoms with Crippen molar-refractivity contribution in [2.45, 2.75) is 32.1 Å². The van der Waals surface area contributed by atoms with Crippen LogP contribution in [0.5, 0.6) is 0 Å². The molecule has 0 aromatic heterocycles. The summed E-state index contributed by atoms with van der Waals surface area (Å²) in [5.74, 6) is 0. The Bertz CT molecular complexity index is 796. The molecule has 2 aliphatic heterocycles. The van der Waals surface area contributed by atoms with Crippen molar-refractivity contribution in [2.75, 3.05) is 0 Å². The van der Waals surface area contributed by atoms with Crippen LogP contribution in [0, 0.1) is 0 Å². The summed E-state index contributed by atoms with van der Waals surface area (Å²) < 4.78 is 5.93. The predicted octanol–water partition coefficient (Wildman–Crippen LogP) is 3.62. The SMILES string of the molecule is CC12C=CC(O1)N(OCc1ccccc1)C(=O)N2OCc1ccccc1. The summed E-state index contributed by atoms with van der Waals surface area (Å²) in [6.07, 6.45) is 3.05. The average molecular weight is 352 g/mol. The minimum atomic E-state index is -0.941. The molecule has 2 atom stereocenters. The van der Waals surface area contributed by atoms with Crippen molar-refractivity contribution < 1.29 is 19.2 Å². The third kappa shape index (κ3) is 3.22. The number of carbonyl (C=O) groups excluding carboxylic acids is 1. The van der Waals surface area contributed by atoms with Crippen LogP contribution in [0.1, 0.15) is 18.1 Å². The van der Waals surface area contributed by atoms with E-state index < -0.39 is 12.0 Å². The molecule has 6 heteroatoms. The third-order valence-electron chi connectivity index (χ3n) is 4.34. The summed E-state index contributed by atoms with van der Waals surface area (Å²) in [6, 6.07) is 18.9. The Kier molecular flexibility index (Phi) is 4.46. The van der Waals surface area contributed by atoms with Crippen molar-refractivity contribution in [3.63, 3.8) is 0 Å². The van der Waals surface area contributed by atoms with Crippen LogP contribution in [0.4, 0.5) is 4.79 Å². The topological polar surface area (TPSA) is 51.2 Å². The molecule has 6 nitrogen and oxygen atoms in total. The molecule has 0 saturated carbocycles. The highest BCUT2D eigenvalue weighted by Gasteiger charge is 2.51. The van der Waals surface area contributed by atoms with Gasteiger partial charge in [-0.3, -0.25) is 9.68 Å². The molecule has 0 aliphatic carbocycles. The smallest absolute Gasteiger partial charge is 0.321 e. The second-order valence-corrected chi connectivity index (χ2v) is 6.34. The Balaban J connectivity index is 1.47. The van der Waals surface area contributed by atoms with Gasteiger partial charge >= 0.3 is 6.03 Å². The van der Waals surface area contributed by atoms with Gasteiger partial charge in [-0.1, -0.05) is 60.7 Å². The predicted molar refractivity (Wildman–Crippen MR) is 94.0 cm³/mol. The van der Waals surface area contributed by atoms with Crippen LogP contribution >= 0.6 is 0 Å². The van der Waals surface area contributed by atoms with Crippen molar-refractivity contribution in [2.24, 2.45) is 0 Å². The lowest BCUT2D eigenvalue weighted by atomic mass is 10.2. The van der Waals surface area contributed by atoms with Crippen molar-refractivity contribution in [1.29, 1.82) is 0 Å². The molecule has 0 radical (unpaired) electrons. The fraction of sp³-hybridized carbons (Fsp3) is 0.250. The first-order valence-corrected chi connectivity index (χ1v) is 8.50. The average Bonchev–Trinajstić information content (AvgIpc) is 3.02. The van der Waals surface area contributed by atoms with Gasteiger partial charge in [0.25, 0.3) is 0 Å². The second-order valence-electron chi connectivity index (χ2n) is 6.34. The van der Waals surface area contributed by atoms with Gasteiger partial charge in [0, 0.05) is 0 Å². The minimum absolute atomic E-state index is 0.260. The van der Waals surface area contributed by atoms with E-state index in [1.165, 1.54) is 10.1 Å². The van der Waals surface area contributed by atoms with E-state index in [9.17, 15) is 4.79 Å². The van der Waals surface area contributed by atoms with E-state index in [0.717, 1.165) is 11.1 Å². The standard InChI is InChI=1S/C20H20N2O4/c1-20-13-12-18(26-20)21(24-14-16-8-4-2-5-9-16)19(23)22(20)25-15-17-10-6-3-7-11-17/h2-13,18H,14-15H2,1H3. The Morgan fingerprint density at radius 3 is 2.15 bits per heavy atom. The van der Waals surface area contributed by atoms with Gasteiger partial charge in [-0.05, 0) is 30.2 Å². The number of ether oxygens (including phenoxy) is 1. The van der Waals surface area contributed by atoms with E-state index in [1.807, 2.05) is 66.7 Å². The van der Waals surface area contributed by atoms with Crippen LogP contribution in [0.15, 0.2) is 72.8 Å². The maximum atomic E-state index is 12.9. The van der Waals surface area contributed by atoms with Gasteiger partial charge in [-0.25, -0.2) is 4.79 Å². The molecule has 2 aromatic rings. The van der Waals surface area contributed by atoms with Gasteiger partial charge in [0.1, 0.15) is 13.2 Å². The number of hydroxylamine groups is 4. The lowest BCUT2D eigenvalue weighted by Gasteiger charge is -2.44. The lowest BCUT2D eigenvalue weighted by molar-refractivity contribution is -0.343. The van der Waals surface area contributed by atoms with Gasteiger partial charge in [-0.15, -0.1) is 0 Å². The summed E-state index contributed by atoms with van der Waals surface area (Å²) >= 11 is 0. The van der Waals surface area contributed by atoms with Crippen LogP contribution in [0.2, 0.25) is 0 Å². The van der Waals surface area contributed by atoms with Gasteiger partial charge in [0.15, 0.2) is 12.0 Å². The highest BCUT2D eigenvalue weighted by atomic mass is 16.8. The molecular formula is C20H20N2O4. The van der Waals surface area contributed by atoms with E-state index in [4.69, 9.17) is 14.4 Å². The fourth-order valence-electron chi connectivity index (χ4n) is 2.96. The van der Waals surface area contributed by atoms with Crippen LogP contribution in [-0.4, -0.2) is 28.1 Å². The first-order valence-electron chi connectivity index (χ1n) is 8.50. The molecule has 2 aliphatic rings. The number of rotatable bonds is 6. The van der Waals surface area contributed by atoms with Crippen molar-refractivity contribution in [1.82, 2.24) is 10.1 Å². The zero-order valence-corrected chi connectivity index (χ0v) is 14.4. The van der Waals surface area contributed by atoms with Crippen LogP contribution < -0.4 is 0 Å². The van der Waals surface area contributed by atoms with Gasteiger partial charge in [0.2, 0.25) is 0 Å². The highest BCUT2D eigenvalue weighted by Crippen LogP contribution is 2.36. The minimum Gasteiger partial charge on any atom is -0.321 e. The van der Waals surface area contributed by atoms with Gasteiger partial charge in [-0.2, -0.15) is 10.1 Å². The van der Waals surface area contributed by atoms with E-state index >= 15 is 0 Å². The maximum absolute atomic E-state index is 12.9. The number of nitrogens with zero attached hydrogens (tertiary/aromatic N) is 2. The monoisotopic (exact) mass is 352 g/mol. The number of benzene rings is 2. The van der Waals surface area contributed by atoms with Gasteiger partial charge < -0.3 is 4.74 Å². The first-order chi connectivity index (χ1) is 12.7. The van der Waals surface area contributed by atoms with Gasteiger partial charge in [0.05, 0.1) is 0 Å². The van der Waals surface area contributed by atoms with E-state index in [-0.39, 0.29) is 19.2 Å². The molecule has 0 N–H and O–H groups in total. The third-order valence-corrected chi connectivity index (χ3v) is 4.34. The van der Waals surface area contributed by atoms with Crippen molar-refractivity contribution in [3.05, 3.63) is 83.9 Å². The second kappa shape index (κ2) is 6.92.